The van der Waals surface area contributed by atoms with Gasteiger partial charge in [-0.15, -0.1) is 0 Å². The Morgan fingerprint density at radius 3 is 2.75 bits per heavy atom. The first-order valence-electron chi connectivity index (χ1n) is 7.23. The lowest BCUT2D eigenvalue weighted by atomic mass is 10.1. The van der Waals surface area contributed by atoms with E-state index in [4.69, 9.17) is 16.9 Å². The molecule has 0 fully saturated rings. The fourth-order valence-electron chi connectivity index (χ4n) is 2.00. The van der Waals surface area contributed by atoms with Crippen molar-refractivity contribution in [2.75, 3.05) is 11.9 Å². The Labute approximate surface area is 144 Å². The molecule has 0 saturated carbocycles. The lowest BCUT2D eigenvalue weighted by molar-refractivity contribution is -0.112. The normalized spacial score (nSPS) is 10.8. The van der Waals surface area contributed by atoms with Crippen molar-refractivity contribution in [1.82, 2.24) is 5.32 Å². The number of rotatable bonds is 6. The molecule has 2 rings (SSSR count). The molecule has 4 nitrogen and oxygen atoms in total. The number of carbonyl (C=O) groups is 1. The molecule has 6 heteroatoms. The maximum Gasteiger partial charge on any atom is 0.267 e. The molecule has 0 aromatic heterocycles. The van der Waals surface area contributed by atoms with Gasteiger partial charge in [0.2, 0.25) is 0 Å². The van der Waals surface area contributed by atoms with Crippen LogP contribution < -0.4 is 10.6 Å². The fraction of sp³-hybridized carbons (Fsp3) is 0.111. The average molecular weight is 344 g/mol. The monoisotopic (exact) mass is 343 g/mol. The molecule has 0 saturated heterocycles. The van der Waals surface area contributed by atoms with Gasteiger partial charge in [0.05, 0.1) is 0 Å². The van der Waals surface area contributed by atoms with Gasteiger partial charge in [0.25, 0.3) is 5.91 Å². The minimum absolute atomic E-state index is 0.0609. The minimum atomic E-state index is -0.530. The van der Waals surface area contributed by atoms with Crippen LogP contribution in [0, 0.1) is 17.1 Å². The number of hydrogen-bond donors (Lipinski definition) is 2. The van der Waals surface area contributed by atoms with E-state index in [1.54, 1.807) is 30.3 Å². The maximum absolute atomic E-state index is 13.1. The van der Waals surface area contributed by atoms with Crippen LogP contribution in [0.25, 0.3) is 0 Å². The van der Waals surface area contributed by atoms with Crippen molar-refractivity contribution < 1.29 is 9.18 Å². The van der Waals surface area contributed by atoms with E-state index in [9.17, 15) is 9.18 Å². The van der Waals surface area contributed by atoms with Crippen molar-refractivity contribution in [3.05, 3.63) is 76.7 Å². The molecule has 0 spiro atoms. The van der Waals surface area contributed by atoms with Gasteiger partial charge in [-0.05, 0) is 42.3 Å². The number of hydrogen-bond acceptors (Lipinski definition) is 3. The summed E-state index contributed by atoms with van der Waals surface area (Å²) >= 11 is 5.84. The standard InChI is InChI=1S/C18H15ClFN3O/c19-15-4-2-6-17(10-15)23-18(24)14(11-21)12-22-8-7-13-3-1-5-16(20)9-13/h1-6,9-10,12,22H,7-8H2,(H,23,24)/b14-12-. The van der Waals surface area contributed by atoms with Gasteiger partial charge in [-0.1, -0.05) is 29.8 Å². The minimum Gasteiger partial charge on any atom is -0.389 e. The Hall–Kier alpha value is -2.84. The summed E-state index contributed by atoms with van der Waals surface area (Å²) in [6, 6.07) is 14.8. The largest absolute Gasteiger partial charge is 0.389 e. The van der Waals surface area contributed by atoms with E-state index in [0.29, 0.717) is 23.7 Å². The molecule has 24 heavy (non-hydrogen) atoms. The van der Waals surface area contributed by atoms with Crippen molar-refractivity contribution in [3.8, 4) is 6.07 Å². The molecule has 0 unspecified atom stereocenters. The van der Waals surface area contributed by atoms with Crippen LogP contribution in [0.2, 0.25) is 5.02 Å². The van der Waals surface area contributed by atoms with Gasteiger partial charge in [-0.2, -0.15) is 5.26 Å². The van der Waals surface area contributed by atoms with Crippen molar-refractivity contribution in [2.45, 2.75) is 6.42 Å². The highest BCUT2D eigenvalue weighted by molar-refractivity contribution is 6.31. The van der Waals surface area contributed by atoms with Crippen molar-refractivity contribution in [1.29, 1.82) is 5.26 Å². The second-order valence-electron chi connectivity index (χ2n) is 4.97. The summed E-state index contributed by atoms with van der Waals surface area (Å²) in [4.78, 5) is 12.0. The highest BCUT2D eigenvalue weighted by atomic mass is 35.5. The van der Waals surface area contributed by atoms with Crippen LogP contribution in [-0.2, 0) is 11.2 Å². The number of nitrogens with one attached hydrogen (secondary N) is 2. The van der Waals surface area contributed by atoms with Crippen molar-refractivity contribution >= 4 is 23.2 Å². The number of anilines is 1. The number of benzene rings is 2. The number of nitriles is 1. The molecule has 0 aliphatic rings. The third-order valence-corrected chi connectivity index (χ3v) is 3.38. The summed E-state index contributed by atoms with van der Waals surface area (Å²) in [5.41, 5.74) is 1.28. The lowest BCUT2D eigenvalue weighted by Gasteiger charge is -2.06. The molecule has 0 heterocycles. The molecule has 0 bridgehead atoms. The van der Waals surface area contributed by atoms with E-state index in [1.165, 1.54) is 18.3 Å². The van der Waals surface area contributed by atoms with Crippen molar-refractivity contribution in [2.24, 2.45) is 0 Å². The Bertz CT molecular complexity index is 799. The third-order valence-electron chi connectivity index (χ3n) is 3.14. The topological polar surface area (TPSA) is 64.9 Å². The highest BCUT2D eigenvalue weighted by Gasteiger charge is 2.09. The van der Waals surface area contributed by atoms with Gasteiger partial charge >= 0.3 is 0 Å². The van der Waals surface area contributed by atoms with E-state index >= 15 is 0 Å². The number of nitrogens with zero attached hydrogens (tertiary/aromatic N) is 1. The van der Waals surface area contributed by atoms with Gasteiger partial charge in [0.15, 0.2) is 0 Å². The molecule has 1 amide bonds. The molecule has 2 N–H and O–H groups in total. The summed E-state index contributed by atoms with van der Waals surface area (Å²) in [7, 11) is 0. The van der Waals surface area contributed by atoms with Crippen LogP contribution >= 0.6 is 11.6 Å². The van der Waals surface area contributed by atoms with Gasteiger partial charge in [0.1, 0.15) is 17.5 Å². The Morgan fingerprint density at radius 1 is 1.25 bits per heavy atom. The number of halogens is 2. The molecule has 0 aliphatic heterocycles. The quantitative estimate of drug-likeness (QED) is 0.478. The van der Waals surface area contributed by atoms with Gasteiger partial charge < -0.3 is 10.6 Å². The third kappa shape index (κ3) is 5.41. The Balaban J connectivity index is 1.89. The van der Waals surface area contributed by atoms with Crippen LogP contribution in [0.4, 0.5) is 10.1 Å². The molecule has 2 aromatic rings. The van der Waals surface area contributed by atoms with Crippen LogP contribution in [0.3, 0.4) is 0 Å². The van der Waals surface area contributed by atoms with E-state index in [0.717, 1.165) is 5.56 Å². The molecule has 0 radical (unpaired) electrons. The fourth-order valence-corrected chi connectivity index (χ4v) is 2.19. The Morgan fingerprint density at radius 2 is 2.04 bits per heavy atom. The molecule has 2 aromatic carbocycles. The summed E-state index contributed by atoms with van der Waals surface area (Å²) < 4.78 is 13.1. The van der Waals surface area contributed by atoms with Gasteiger partial charge in [0, 0.05) is 23.5 Å². The summed E-state index contributed by atoms with van der Waals surface area (Å²) in [5, 5.41) is 15.1. The second-order valence-corrected chi connectivity index (χ2v) is 5.40. The summed E-state index contributed by atoms with van der Waals surface area (Å²) in [6.07, 6.45) is 1.92. The smallest absolute Gasteiger partial charge is 0.267 e. The van der Waals surface area contributed by atoms with Crippen LogP contribution in [0.5, 0.6) is 0 Å². The highest BCUT2D eigenvalue weighted by Crippen LogP contribution is 2.15. The van der Waals surface area contributed by atoms with Crippen LogP contribution in [0.1, 0.15) is 5.56 Å². The average Bonchev–Trinajstić information content (AvgIpc) is 2.55. The van der Waals surface area contributed by atoms with E-state index in [1.807, 2.05) is 12.1 Å². The molecule has 122 valence electrons. The molecule has 0 atom stereocenters. The van der Waals surface area contributed by atoms with Crippen LogP contribution in [0.15, 0.2) is 60.3 Å². The van der Waals surface area contributed by atoms with E-state index in [-0.39, 0.29) is 11.4 Å². The SMILES string of the molecule is N#C/C(=C/NCCc1cccc(F)c1)C(=O)Nc1cccc(Cl)c1. The second kappa shape index (κ2) is 8.70. The Kier molecular flexibility index (Phi) is 6.35. The van der Waals surface area contributed by atoms with E-state index < -0.39 is 5.91 Å². The molecule has 0 aliphatic carbocycles. The first-order valence-corrected chi connectivity index (χ1v) is 7.61. The maximum atomic E-state index is 13.1. The zero-order chi connectivity index (χ0) is 17.4. The first-order chi connectivity index (χ1) is 11.6. The van der Waals surface area contributed by atoms with E-state index in [2.05, 4.69) is 10.6 Å². The summed E-state index contributed by atoms with van der Waals surface area (Å²) in [6.45, 7) is 0.471. The first kappa shape index (κ1) is 17.5. The lowest BCUT2D eigenvalue weighted by Crippen LogP contribution is -2.18. The summed E-state index contributed by atoms with van der Waals surface area (Å²) in [5.74, 6) is -0.820. The van der Waals surface area contributed by atoms with Crippen molar-refractivity contribution in [3.63, 3.8) is 0 Å². The predicted molar refractivity (Wildman–Crippen MR) is 91.9 cm³/mol. The number of amides is 1. The number of carbonyl (C=O) groups excluding carboxylic acids is 1. The molecular formula is C18H15ClFN3O. The molecular weight excluding hydrogens is 329 g/mol. The van der Waals surface area contributed by atoms with Crippen LogP contribution in [-0.4, -0.2) is 12.5 Å². The van der Waals surface area contributed by atoms with Gasteiger partial charge in [-0.3, -0.25) is 4.79 Å². The predicted octanol–water partition coefficient (Wildman–Crippen LogP) is 3.66. The van der Waals surface area contributed by atoms with Gasteiger partial charge in [-0.25, -0.2) is 4.39 Å². The zero-order valence-corrected chi connectivity index (χ0v) is 13.5. The zero-order valence-electron chi connectivity index (χ0n) is 12.7.